The third-order valence-electron chi connectivity index (χ3n) is 5.19. The molecule has 132 valence electrons. The maximum absolute atomic E-state index is 12.8. The fourth-order valence-corrected chi connectivity index (χ4v) is 3.94. The molecule has 8 nitrogen and oxygen atoms in total. The highest BCUT2D eigenvalue weighted by molar-refractivity contribution is 6.04. The molecule has 1 aromatic carbocycles. The van der Waals surface area contributed by atoms with Crippen molar-refractivity contribution in [3.05, 3.63) is 17.2 Å². The number of phenols is 2. The lowest BCUT2D eigenvalue weighted by Gasteiger charge is -2.49. The van der Waals surface area contributed by atoms with Crippen molar-refractivity contribution >= 4 is 5.78 Å². The monoisotopic (exact) mass is 340 g/mol. The molecule has 0 saturated heterocycles. The number of hydrogen-bond acceptors (Lipinski definition) is 8. The zero-order chi connectivity index (χ0) is 18.0. The molecule has 6 N–H and O–H groups in total. The molecule has 6 atom stereocenters. The van der Waals surface area contributed by atoms with Crippen LogP contribution < -0.4 is 4.74 Å². The molecule has 0 heterocycles. The van der Waals surface area contributed by atoms with E-state index in [1.807, 2.05) is 0 Å². The second kappa shape index (κ2) is 5.32. The number of ether oxygens (including phenoxy) is 1. The maximum atomic E-state index is 12.8. The molecule has 0 spiro atoms. The maximum Gasteiger partial charge on any atom is 0.173 e. The Kier molecular flexibility index (Phi) is 3.76. The van der Waals surface area contributed by atoms with Crippen molar-refractivity contribution < 1.29 is 40.2 Å². The predicted molar refractivity (Wildman–Crippen MR) is 79.8 cm³/mol. The fourth-order valence-electron chi connectivity index (χ4n) is 3.94. The Labute approximate surface area is 137 Å². The number of fused-ring (bicyclic) bond motifs is 2. The number of aromatic hydroxyl groups is 2. The largest absolute Gasteiger partial charge is 0.507 e. The number of ketones is 1. The number of methoxy groups -OCH3 is 1. The predicted octanol–water partition coefficient (Wildman–Crippen LogP) is -0.555. The van der Waals surface area contributed by atoms with Crippen LogP contribution in [0.3, 0.4) is 0 Å². The highest BCUT2D eigenvalue weighted by Crippen LogP contribution is 2.54. The zero-order valence-corrected chi connectivity index (χ0v) is 13.2. The first kappa shape index (κ1) is 17.0. The van der Waals surface area contributed by atoms with E-state index in [0.717, 1.165) is 6.07 Å². The summed E-state index contributed by atoms with van der Waals surface area (Å²) in [4.78, 5) is 12.8. The van der Waals surface area contributed by atoms with Crippen molar-refractivity contribution in [3.63, 3.8) is 0 Å². The van der Waals surface area contributed by atoms with Gasteiger partial charge in [-0.2, -0.15) is 0 Å². The lowest BCUT2D eigenvalue weighted by molar-refractivity contribution is -0.184. The van der Waals surface area contributed by atoms with Gasteiger partial charge in [0.25, 0.3) is 0 Å². The van der Waals surface area contributed by atoms with Gasteiger partial charge in [-0.1, -0.05) is 0 Å². The van der Waals surface area contributed by atoms with Crippen LogP contribution in [-0.2, 0) is 0 Å². The van der Waals surface area contributed by atoms with Crippen molar-refractivity contribution in [1.29, 1.82) is 0 Å². The molecule has 0 amide bonds. The molecule has 8 heteroatoms. The summed E-state index contributed by atoms with van der Waals surface area (Å²) >= 11 is 0. The van der Waals surface area contributed by atoms with Gasteiger partial charge in [0.1, 0.15) is 11.9 Å². The summed E-state index contributed by atoms with van der Waals surface area (Å²) in [5.74, 6) is -3.94. The third kappa shape index (κ3) is 2.11. The topological polar surface area (TPSA) is 148 Å². The molecule has 0 unspecified atom stereocenters. The number of aliphatic hydroxyl groups excluding tert-OH is 3. The molecular formula is C16H20O8. The average Bonchev–Trinajstić information content (AvgIpc) is 2.51. The molecule has 0 aromatic heterocycles. The normalized spacial score (nSPS) is 38.4. The number of carbonyl (C=O) groups excluding carboxylic acids is 1. The summed E-state index contributed by atoms with van der Waals surface area (Å²) in [6.07, 6.45) is -4.79. The Hall–Kier alpha value is -1.87. The Morgan fingerprint density at radius 3 is 2.46 bits per heavy atom. The summed E-state index contributed by atoms with van der Waals surface area (Å²) in [6, 6.07) is 1.04. The van der Waals surface area contributed by atoms with E-state index in [1.54, 1.807) is 0 Å². The minimum Gasteiger partial charge on any atom is -0.507 e. The molecular weight excluding hydrogens is 320 g/mol. The second-order valence-electron chi connectivity index (χ2n) is 6.73. The van der Waals surface area contributed by atoms with Gasteiger partial charge < -0.3 is 35.4 Å². The Balaban J connectivity index is 2.21. The first-order valence-corrected chi connectivity index (χ1v) is 7.55. The fraction of sp³-hybridized carbons (Fsp3) is 0.562. The van der Waals surface area contributed by atoms with Crippen LogP contribution in [0.25, 0.3) is 0 Å². The zero-order valence-electron chi connectivity index (χ0n) is 13.2. The van der Waals surface area contributed by atoms with E-state index in [4.69, 9.17) is 4.74 Å². The summed E-state index contributed by atoms with van der Waals surface area (Å²) < 4.78 is 4.92. The summed E-state index contributed by atoms with van der Waals surface area (Å²) in [5, 5.41) is 61.6. The number of rotatable bonds is 1. The van der Waals surface area contributed by atoms with Crippen LogP contribution in [0, 0.1) is 11.8 Å². The second-order valence-corrected chi connectivity index (χ2v) is 6.73. The average molecular weight is 340 g/mol. The molecule has 2 aliphatic carbocycles. The van der Waals surface area contributed by atoms with Crippen molar-refractivity contribution in [2.45, 2.75) is 37.3 Å². The van der Waals surface area contributed by atoms with Gasteiger partial charge in [0.2, 0.25) is 0 Å². The SMILES string of the molecule is COc1cc(O)c2c(c1O)[C@H](O)[C@H]1C[C@](C)(O)[C@H](O)[C@@H](O)[C@H]1C2=O. The van der Waals surface area contributed by atoms with E-state index in [2.05, 4.69) is 0 Å². The molecule has 0 aliphatic heterocycles. The van der Waals surface area contributed by atoms with E-state index >= 15 is 0 Å². The van der Waals surface area contributed by atoms with Gasteiger partial charge in [0.15, 0.2) is 17.3 Å². The van der Waals surface area contributed by atoms with E-state index in [-0.39, 0.29) is 23.3 Å². The lowest BCUT2D eigenvalue weighted by Crippen LogP contribution is -2.61. The van der Waals surface area contributed by atoms with Gasteiger partial charge in [-0.05, 0) is 13.3 Å². The van der Waals surface area contributed by atoms with E-state index in [1.165, 1.54) is 14.0 Å². The number of Topliss-reactive ketones (excluding diaryl/α,β-unsaturated/α-hetero) is 1. The standard InChI is InChI=1S/C16H20O8/c1-16(23)4-5-8(14(21)15(16)22)13(20)9-6(17)3-7(24-2)12(19)10(9)11(5)18/h3,5,8,11,14-15,17-19,21-23H,4H2,1-2H3/t5-,8+,11+,14-,15+,16-/m0/s1. The lowest BCUT2D eigenvalue weighted by atomic mass is 9.60. The van der Waals surface area contributed by atoms with Crippen LogP contribution in [0.4, 0.5) is 0 Å². The third-order valence-corrected chi connectivity index (χ3v) is 5.19. The Morgan fingerprint density at radius 1 is 1.25 bits per heavy atom. The van der Waals surface area contributed by atoms with Crippen LogP contribution >= 0.6 is 0 Å². The quantitative estimate of drug-likeness (QED) is 0.373. The molecule has 3 rings (SSSR count). The van der Waals surface area contributed by atoms with Gasteiger partial charge in [0, 0.05) is 17.5 Å². The van der Waals surface area contributed by atoms with Crippen LogP contribution in [0.1, 0.15) is 35.4 Å². The van der Waals surface area contributed by atoms with Crippen LogP contribution in [0.5, 0.6) is 17.2 Å². The minimum atomic E-state index is -1.71. The first-order chi connectivity index (χ1) is 11.1. The summed E-state index contributed by atoms with van der Waals surface area (Å²) in [7, 11) is 1.26. The van der Waals surface area contributed by atoms with E-state index < -0.39 is 53.0 Å². The minimum absolute atomic E-state index is 0.111. The number of hydrogen-bond donors (Lipinski definition) is 6. The molecule has 24 heavy (non-hydrogen) atoms. The van der Waals surface area contributed by atoms with Crippen molar-refractivity contribution in [2.24, 2.45) is 11.8 Å². The van der Waals surface area contributed by atoms with Gasteiger partial charge in [-0.15, -0.1) is 0 Å². The number of aliphatic hydroxyl groups is 4. The van der Waals surface area contributed by atoms with Gasteiger partial charge >= 0.3 is 0 Å². The summed E-state index contributed by atoms with van der Waals surface area (Å²) in [6.45, 7) is 1.30. The van der Waals surface area contributed by atoms with Crippen molar-refractivity contribution in [1.82, 2.24) is 0 Å². The molecule has 1 aromatic rings. The summed E-state index contributed by atoms with van der Waals surface area (Å²) in [5.41, 5.74) is -2.22. The molecule has 1 saturated carbocycles. The molecule has 0 bridgehead atoms. The number of phenolic OH excluding ortho intramolecular Hbond substituents is 2. The van der Waals surface area contributed by atoms with Crippen molar-refractivity contribution in [3.8, 4) is 17.2 Å². The van der Waals surface area contributed by atoms with Crippen LogP contribution in [-0.4, -0.2) is 61.3 Å². The van der Waals surface area contributed by atoms with E-state index in [9.17, 15) is 35.4 Å². The first-order valence-electron chi connectivity index (χ1n) is 7.55. The van der Waals surface area contributed by atoms with Gasteiger partial charge in [-0.3, -0.25) is 4.79 Å². The molecule has 2 aliphatic rings. The highest BCUT2D eigenvalue weighted by atomic mass is 16.5. The van der Waals surface area contributed by atoms with E-state index in [0.29, 0.717) is 0 Å². The Bertz CT molecular complexity index is 698. The number of benzene rings is 1. The molecule has 1 fully saturated rings. The van der Waals surface area contributed by atoms with Gasteiger partial charge in [0.05, 0.1) is 36.4 Å². The smallest absolute Gasteiger partial charge is 0.173 e. The Morgan fingerprint density at radius 2 is 1.88 bits per heavy atom. The highest BCUT2D eigenvalue weighted by Gasteiger charge is 2.57. The van der Waals surface area contributed by atoms with Gasteiger partial charge in [-0.25, -0.2) is 0 Å². The van der Waals surface area contributed by atoms with Crippen molar-refractivity contribution in [2.75, 3.05) is 7.11 Å². The molecule has 0 radical (unpaired) electrons. The number of carbonyl (C=O) groups is 1. The van der Waals surface area contributed by atoms with Crippen LogP contribution in [0.2, 0.25) is 0 Å². The van der Waals surface area contributed by atoms with Crippen LogP contribution in [0.15, 0.2) is 6.07 Å².